The van der Waals surface area contributed by atoms with E-state index in [0.717, 1.165) is 4.90 Å². The molecule has 5 N–H and O–H groups in total. The molecule has 0 unspecified atom stereocenters. The summed E-state index contributed by atoms with van der Waals surface area (Å²) < 4.78 is 0. The molecule has 6 nitrogen and oxygen atoms in total. The van der Waals surface area contributed by atoms with Crippen molar-refractivity contribution in [2.75, 3.05) is 17.7 Å². The number of benzene rings is 1. The van der Waals surface area contributed by atoms with Gasteiger partial charge in [0.15, 0.2) is 5.82 Å². The second-order valence-electron chi connectivity index (χ2n) is 3.26. The number of H-pyrrole nitrogens is 1. The Labute approximate surface area is 103 Å². The summed E-state index contributed by atoms with van der Waals surface area (Å²) in [6, 6.07) is 5.23. The highest BCUT2D eigenvalue weighted by molar-refractivity contribution is 7.99. The average Bonchev–Trinajstić information content (AvgIpc) is 2.83. The van der Waals surface area contributed by atoms with Crippen LogP contribution in [-0.4, -0.2) is 16.5 Å². The minimum Gasteiger partial charge on any atom is -0.397 e. The van der Waals surface area contributed by atoms with Gasteiger partial charge in [0.25, 0.3) is 0 Å². The van der Waals surface area contributed by atoms with Crippen LogP contribution in [0.5, 0.6) is 0 Å². The monoisotopic (exact) mass is 248 g/mol. The topological polar surface area (TPSA) is 105 Å². The van der Waals surface area contributed by atoms with E-state index >= 15 is 0 Å². The molecule has 2 rings (SSSR count). The first-order chi connectivity index (χ1) is 8.22. The summed E-state index contributed by atoms with van der Waals surface area (Å²) in [5.74, 6) is 0.590. The number of hydrogen-bond acceptors (Lipinski definition) is 6. The smallest absolute Gasteiger partial charge is 0.170 e. The predicted octanol–water partition coefficient (Wildman–Crippen LogP) is 2.71. The number of nitrogens with two attached hydrogens (primary N) is 2. The van der Waals surface area contributed by atoms with Crippen LogP contribution in [0.4, 0.5) is 22.9 Å². The molecule has 17 heavy (non-hydrogen) atoms. The zero-order valence-corrected chi connectivity index (χ0v) is 10.0. The molecule has 0 aliphatic rings. The quantitative estimate of drug-likeness (QED) is 0.441. The van der Waals surface area contributed by atoms with E-state index in [1.54, 1.807) is 24.4 Å². The number of anilines is 2. The number of hydrogen-bond donors (Lipinski definition) is 3. The van der Waals surface area contributed by atoms with Crippen molar-refractivity contribution in [2.45, 2.75) is 4.90 Å². The van der Waals surface area contributed by atoms with Crippen molar-refractivity contribution in [3.63, 3.8) is 0 Å². The third-order valence-corrected chi connectivity index (χ3v) is 3.00. The Bertz CT molecular complexity index is 534. The first kappa shape index (κ1) is 11.5. The number of nitrogens with zero attached hydrogens (tertiary/aromatic N) is 3. The normalized spacial score (nSPS) is 11.1. The molecule has 0 spiro atoms. The van der Waals surface area contributed by atoms with E-state index in [1.165, 1.54) is 11.8 Å². The Balaban J connectivity index is 2.36. The van der Waals surface area contributed by atoms with Gasteiger partial charge in [-0.2, -0.15) is 5.10 Å². The molecule has 88 valence electrons. The van der Waals surface area contributed by atoms with E-state index < -0.39 is 0 Å². The minimum absolute atomic E-state index is 0.540. The summed E-state index contributed by atoms with van der Waals surface area (Å²) >= 11 is 1.49. The van der Waals surface area contributed by atoms with Gasteiger partial charge in [-0.05, 0) is 18.4 Å². The number of aromatic amines is 1. The zero-order valence-electron chi connectivity index (χ0n) is 9.21. The number of nitrogen functional groups attached to an aromatic ring is 2. The first-order valence-electron chi connectivity index (χ1n) is 4.85. The minimum atomic E-state index is 0.540. The lowest BCUT2D eigenvalue weighted by molar-refractivity contribution is 1.05. The highest BCUT2D eigenvalue weighted by atomic mass is 32.2. The maximum absolute atomic E-state index is 5.88. The van der Waals surface area contributed by atoms with Crippen LogP contribution in [0.25, 0.3) is 0 Å². The molecule has 7 heteroatoms. The van der Waals surface area contributed by atoms with E-state index in [2.05, 4.69) is 20.4 Å². The third-order valence-electron chi connectivity index (χ3n) is 2.16. The van der Waals surface area contributed by atoms with Crippen LogP contribution in [0.3, 0.4) is 0 Å². The lowest BCUT2D eigenvalue weighted by Gasteiger charge is -2.07. The molecule has 0 saturated heterocycles. The standard InChI is InChI=1S/C10H12N6S/c1-17-10-7(3-2-6(11)9(10)12)14-16-8-4-5-13-15-8/h2-5H,11-12H2,1H3,(H,13,15). The maximum atomic E-state index is 5.88. The van der Waals surface area contributed by atoms with Gasteiger partial charge in [-0.3, -0.25) is 5.10 Å². The average molecular weight is 248 g/mol. The van der Waals surface area contributed by atoms with E-state index in [0.29, 0.717) is 22.9 Å². The van der Waals surface area contributed by atoms with Crippen LogP contribution < -0.4 is 11.5 Å². The predicted molar refractivity (Wildman–Crippen MR) is 69.8 cm³/mol. The fourth-order valence-corrected chi connectivity index (χ4v) is 1.96. The SMILES string of the molecule is CSc1c(N=Nc2ccn[nH]2)ccc(N)c1N. The summed E-state index contributed by atoms with van der Waals surface area (Å²) in [5.41, 5.74) is 13.4. The molecule has 1 aromatic heterocycles. The van der Waals surface area contributed by atoms with Gasteiger partial charge < -0.3 is 11.5 Å². The fraction of sp³-hybridized carbons (Fsp3) is 0.100. The number of aromatic nitrogens is 2. The Hall–Kier alpha value is -2.02. The van der Waals surface area contributed by atoms with Crippen LogP contribution in [0.15, 0.2) is 39.5 Å². The molecule has 0 fully saturated rings. The van der Waals surface area contributed by atoms with Crippen LogP contribution in [0.2, 0.25) is 0 Å². The molecule has 1 heterocycles. The van der Waals surface area contributed by atoms with Gasteiger partial charge in [0.1, 0.15) is 5.69 Å². The molecule has 0 aliphatic carbocycles. The Kier molecular flexibility index (Phi) is 3.29. The molecule has 1 aromatic carbocycles. The van der Waals surface area contributed by atoms with Crippen LogP contribution >= 0.6 is 11.8 Å². The van der Waals surface area contributed by atoms with E-state index in [1.807, 2.05) is 6.26 Å². The number of nitrogens with one attached hydrogen (secondary N) is 1. The van der Waals surface area contributed by atoms with Gasteiger partial charge in [0.2, 0.25) is 0 Å². The van der Waals surface area contributed by atoms with Gasteiger partial charge in [0, 0.05) is 6.07 Å². The van der Waals surface area contributed by atoms with Crippen molar-refractivity contribution in [3.05, 3.63) is 24.4 Å². The Morgan fingerprint density at radius 2 is 2.06 bits per heavy atom. The van der Waals surface area contributed by atoms with Gasteiger partial charge in [-0.25, -0.2) is 0 Å². The summed E-state index contributed by atoms with van der Waals surface area (Å²) in [7, 11) is 0. The number of azo groups is 1. The Morgan fingerprint density at radius 3 is 2.71 bits per heavy atom. The molecule has 0 saturated carbocycles. The molecule has 0 bridgehead atoms. The second-order valence-corrected chi connectivity index (χ2v) is 4.08. The van der Waals surface area contributed by atoms with Crippen LogP contribution in [0, 0.1) is 0 Å². The van der Waals surface area contributed by atoms with Gasteiger partial charge in [0.05, 0.1) is 22.5 Å². The maximum Gasteiger partial charge on any atom is 0.170 e. The van der Waals surface area contributed by atoms with Gasteiger partial charge in [-0.1, -0.05) is 0 Å². The lowest BCUT2D eigenvalue weighted by atomic mass is 10.2. The number of rotatable bonds is 3. The summed E-state index contributed by atoms with van der Waals surface area (Å²) in [6.07, 6.45) is 3.53. The van der Waals surface area contributed by atoms with Crippen molar-refractivity contribution < 1.29 is 0 Å². The third kappa shape index (κ3) is 2.39. The Morgan fingerprint density at radius 1 is 1.24 bits per heavy atom. The zero-order chi connectivity index (χ0) is 12.3. The van der Waals surface area contributed by atoms with Crippen LogP contribution in [0.1, 0.15) is 0 Å². The molecule has 0 aliphatic heterocycles. The van der Waals surface area contributed by atoms with Crippen molar-refractivity contribution >= 4 is 34.6 Å². The molecule has 0 atom stereocenters. The second kappa shape index (κ2) is 4.88. The van der Waals surface area contributed by atoms with E-state index in [-0.39, 0.29) is 0 Å². The van der Waals surface area contributed by atoms with Crippen molar-refractivity contribution in [2.24, 2.45) is 10.2 Å². The van der Waals surface area contributed by atoms with Crippen LogP contribution in [-0.2, 0) is 0 Å². The summed E-state index contributed by atoms with van der Waals surface area (Å²) in [5, 5.41) is 14.6. The first-order valence-corrected chi connectivity index (χ1v) is 6.08. The fourth-order valence-electron chi connectivity index (χ4n) is 1.31. The largest absolute Gasteiger partial charge is 0.397 e. The van der Waals surface area contributed by atoms with Crippen molar-refractivity contribution in [1.29, 1.82) is 0 Å². The number of thioether (sulfide) groups is 1. The highest BCUT2D eigenvalue weighted by Crippen LogP contribution is 2.37. The summed E-state index contributed by atoms with van der Waals surface area (Å²) in [6.45, 7) is 0. The van der Waals surface area contributed by atoms with E-state index in [9.17, 15) is 0 Å². The lowest BCUT2D eigenvalue weighted by Crippen LogP contribution is -1.96. The van der Waals surface area contributed by atoms with E-state index in [4.69, 9.17) is 11.5 Å². The molecule has 2 aromatic rings. The molecule has 0 amide bonds. The highest BCUT2D eigenvalue weighted by Gasteiger charge is 2.07. The van der Waals surface area contributed by atoms with Crippen molar-refractivity contribution in [3.8, 4) is 0 Å². The molecule has 0 radical (unpaired) electrons. The van der Waals surface area contributed by atoms with Gasteiger partial charge >= 0.3 is 0 Å². The molecular formula is C10H12N6S. The van der Waals surface area contributed by atoms with Crippen molar-refractivity contribution in [1.82, 2.24) is 10.2 Å². The summed E-state index contributed by atoms with van der Waals surface area (Å²) in [4.78, 5) is 0.827. The van der Waals surface area contributed by atoms with Gasteiger partial charge in [-0.15, -0.1) is 22.0 Å². The molecular weight excluding hydrogens is 236 g/mol.